The lowest BCUT2D eigenvalue weighted by atomic mass is 10.1. The third-order valence-electron chi connectivity index (χ3n) is 3.23. The summed E-state index contributed by atoms with van der Waals surface area (Å²) < 4.78 is 17.8. The zero-order valence-corrected chi connectivity index (χ0v) is 12.7. The molecule has 114 valence electrons. The number of benzene rings is 1. The molecule has 0 aliphatic rings. The summed E-state index contributed by atoms with van der Waals surface area (Å²) in [6.45, 7) is 5.28. The van der Waals surface area contributed by atoms with Crippen molar-refractivity contribution in [3.63, 3.8) is 0 Å². The van der Waals surface area contributed by atoms with Crippen LogP contribution in [0.15, 0.2) is 35.3 Å². The van der Waals surface area contributed by atoms with Crippen LogP contribution in [0.3, 0.4) is 0 Å². The number of pyridine rings is 1. The topological polar surface area (TPSA) is 49.7 Å². The number of methoxy groups -OCH3 is 1. The van der Waals surface area contributed by atoms with Crippen molar-refractivity contribution in [1.82, 2.24) is 4.57 Å². The van der Waals surface area contributed by atoms with E-state index in [0.29, 0.717) is 25.1 Å². The van der Waals surface area contributed by atoms with Crippen LogP contribution in [-0.2, 0) is 16.0 Å². The highest BCUT2D eigenvalue weighted by atomic mass is 16.7. The van der Waals surface area contributed by atoms with Gasteiger partial charge in [0.2, 0.25) is 0 Å². The fourth-order valence-corrected chi connectivity index (χ4v) is 2.22. The fourth-order valence-electron chi connectivity index (χ4n) is 2.22. The lowest BCUT2D eigenvalue weighted by Gasteiger charge is -2.18. The summed E-state index contributed by atoms with van der Waals surface area (Å²) in [5, 5.41) is 1.52. The summed E-state index contributed by atoms with van der Waals surface area (Å²) >= 11 is 0. The Labute approximate surface area is 124 Å². The second-order valence-corrected chi connectivity index (χ2v) is 4.57. The van der Waals surface area contributed by atoms with Crippen LogP contribution >= 0.6 is 0 Å². The van der Waals surface area contributed by atoms with E-state index in [9.17, 15) is 4.79 Å². The van der Waals surface area contributed by atoms with Gasteiger partial charge in [-0.1, -0.05) is 0 Å². The number of hydrogen-bond acceptors (Lipinski definition) is 4. The number of rotatable bonds is 7. The Bertz CT molecular complexity index is 644. The number of ether oxygens (including phenoxy) is 3. The highest BCUT2D eigenvalue weighted by Crippen LogP contribution is 2.17. The van der Waals surface area contributed by atoms with Crippen LogP contribution in [0.5, 0.6) is 5.75 Å². The van der Waals surface area contributed by atoms with Gasteiger partial charge in [-0.3, -0.25) is 4.79 Å². The molecule has 2 aromatic rings. The molecule has 0 unspecified atom stereocenters. The van der Waals surface area contributed by atoms with Crippen LogP contribution in [0.1, 0.15) is 13.8 Å². The molecule has 0 saturated heterocycles. The number of hydrogen-bond donors (Lipinski definition) is 0. The highest BCUT2D eigenvalue weighted by molar-refractivity contribution is 5.82. The van der Waals surface area contributed by atoms with Crippen molar-refractivity contribution in [3.8, 4) is 5.75 Å². The molecule has 1 aromatic carbocycles. The predicted octanol–water partition coefficient (Wildman–Crippen LogP) is 2.41. The molecule has 0 bridgehead atoms. The van der Waals surface area contributed by atoms with Crippen molar-refractivity contribution in [2.75, 3.05) is 20.3 Å². The predicted molar refractivity (Wildman–Crippen MR) is 81.8 cm³/mol. The molecule has 2 rings (SSSR count). The van der Waals surface area contributed by atoms with Gasteiger partial charge in [0.15, 0.2) is 6.29 Å². The summed E-state index contributed by atoms with van der Waals surface area (Å²) in [5.41, 5.74) is -0.0560. The molecule has 0 atom stereocenters. The first kappa shape index (κ1) is 15.5. The Morgan fingerprint density at radius 2 is 1.86 bits per heavy atom. The van der Waals surface area contributed by atoms with Gasteiger partial charge >= 0.3 is 0 Å². The monoisotopic (exact) mass is 291 g/mol. The minimum absolute atomic E-state index is 0.0560. The molecule has 21 heavy (non-hydrogen) atoms. The molecule has 0 radical (unpaired) electrons. The van der Waals surface area contributed by atoms with Crippen molar-refractivity contribution in [1.29, 1.82) is 0 Å². The largest absolute Gasteiger partial charge is 0.497 e. The minimum atomic E-state index is -0.409. The van der Waals surface area contributed by atoms with E-state index in [-0.39, 0.29) is 5.56 Å². The molecular formula is C16H21NO4. The number of nitrogens with zero attached hydrogens (tertiary/aromatic N) is 1. The molecular weight excluding hydrogens is 270 g/mol. The van der Waals surface area contributed by atoms with Crippen molar-refractivity contribution < 1.29 is 14.2 Å². The molecule has 1 heterocycles. The maximum atomic E-state index is 12.5. The molecule has 0 fully saturated rings. The van der Waals surface area contributed by atoms with Crippen LogP contribution < -0.4 is 10.3 Å². The minimum Gasteiger partial charge on any atom is -0.497 e. The summed E-state index contributed by atoms with van der Waals surface area (Å²) in [6, 6.07) is 7.32. The van der Waals surface area contributed by atoms with Crippen molar-refractivity contribution in [2.24, 2.45) is 0 Å². The van der Waals surface area contributed by atoms with E-state index in [0.717, 1.165) is 11.1 Å². The number of fused-ring (bicyclic) bond motifs is 1. The lowest BCUT2D eigenvalue weighted by Crippen LogP contribution is -2.30. The zero-order valence-electron chi connectivity index (χ0n) is 12.7. The normalized spacial score (nSPS) is 11.2. The van der Waals surface area contributed by atoms with Gasteiger partial charge in [0.05, 0.1) is 13.7 Å². The van der Waals surface area contributed by atoms with Gasteiger partial charge in [0.25, 0.3) is 5.56 Å². The van der Waals surface area contributed by atoms with E-state index in [1.807, 2.05) is 26.0 Å². The van der Waals surface area contributed by atoms with E-state index in [4.69, 9.17) is 14.2 Å². The van der Waals surface area contributed by atoms with E-state index in [1.165, 1.54) is 0 Å². The standard InChI is InChI=1S/C16H21NO4/c1-4-20-15(21-5-2)11-17-9-8-12-10-13(19-3)6-7-14(12)16(17)18/h6-10,15H,4-5,11H2,1-3H3. The third-order valence-corrected chi connectivity index (χ3v) is 3.23. The molecule has 0 aliphatic carbocycles. The van der Waals surface area contributed by atoms with Crippen LogP contribution in [-0.4, -0.2) is 31.2 Å². The van der Waals surface area contributed by atoms with E-state index in [1.54, 1.807) is 30.0 Å². The van der Waals surface area contributed by atoms with Gasteiger partial charge in [-0.15, -0.1) is 0 Å². The average molecular weight is 291 g/mol. The van der Waals surface area contributed by atoms with E-state index < -0.39 is 6.29 Å². The zero-order chi connectivity index (χ0) is 15.2. The SMILES string of the molecule is CCOC(Cn1ccc2cc(OC)ccc2c1=O)OCC. The highest BCUT2D eigenvalue weighted by Gasteiger charge is 2.11. The summed E-state index contributed by atoms with van der Waals surface area (Å²) in [6.07, 6.45) is 1.35. The molecule has 0 N–H and O–H groups in total. The van der Waals surface area contributed by atoms with Crippen LogP contribution in [0.25, 0.3) is 10.8 Å². The number of aromatic nitrogens is 1. The van der Waals surface area contributed by atoms with Gasteiger partial charge in [-0.25, -0.2) is 0 Å². The second kappa shape index (κ2) is 7.24. The van der Waals surface area contributed by atoms with Crippen LogP contribution in [0.2, 0.25) is 0 Å². The lowest BCUT2D eigenvalue weighted by molar-refractivity contribution is -0.143. The van der Waals surface area contributed by atoms with Crippen molar-refractivity contribution in [2.45, 2.75) is 26.7 Å². The van der Waals surface area contributed by atoms with Gasteiger partial charge < -0.3 is 18.8 Å². The molecule has 5 heteroatoms. The fraction of sp³-hybridized carbons (Fsp3) is 0.438. The Kier molecular flexibility index (Phi) is 5.36. The first-order valence-electron chi connectivity index (χ1n) is 7.10. The molecule has 1 aromatic heterocycles. The average Bonchev–Trinajstić information content (AvgIpc) is 2.50. The van der Waals surface area contributed by atoms with Crippen LogP contribution in [0.4, 0.5) is 0 Å². The second-order valence-electron chi connectivity index (χ2n) is 4.57. The first-order chi connectivity index (χ1) is 10.2. The smallest absolute Gasteiger partial charge is 0.258 e. The third kappa shape index (κ3) is 3.62. The Hall–Kier alpha value is -1.85. The van der Waals surface area contributed by atoms with Crippen LogP contribution in [0, 0.1) is 0 Å². The van der Waals surface area contributed by atoms with Gasteiger partial charge in [-0.2, -0.15) is 0 Å². The molecule has 0 saturated carbocycles. The van der Waals surface area contributed by atoms with Crippen molar-refractivity contribution >= 4 is 10.8 Å². The van der Waals surface area contributed by atoms with E-state index >= 15 is 0 Å². The molecule has 5 nitrogen and oxygen atoms in total. The van der Waals surface area contributed by atoms with E-state index in [2.05, 4.69) is 0 Å². The molecule has 0 amide bonds. The van der Waals surface area contributed by atoms with Gasteiger partial charge in [0, 0.05) is 24.8 Å². The molecule has 0 aliphatic heterocycles. The Balaban J connectivity index is 2.32. The maximum Gasteiger partial charge on any atom is 0.258 e. The maximum absolute atomic E-state index is 12.5. The summed E-state index contributed by atoms with van der Waals surface area (Å²) in [7, 11) is 1.61. The summed E-state index contributed by atoms with van der Waals surface area (Å²) in [4.78, 5) is 12.5. The van der Waals surface area contributed by atoms with Crippen molar-refractivity contribution in [3.05, 3.63) is 40.8 Å². The quantitative estimate of drug-likeness (QED) is 0.735. The Morgan fingerprint density at radius 1 is 1.14 bits per heavy atom. The first-order valence-corrected chi connectivity index (χ1v) is 7.10. The van der Waals surface area contributed by atoms with Gasteiger partial charge in [0.1, 0.15) is 5.75 Å². The van der Waals surface area contributed by atoms with Gasteiger partial charge in [-0.05, 0) is 43.5 Å². The molecule has 0 spiro atoms. The Morgan fingerprint density at radius 3 is 2.48 bits per heavy atom. The summed E-state index contributed by atoms with van der Waals surface area (Å²) in [5.74, 6) is 0.737.